The van der Waals surface area contributed by atoms with Crippen LogP contribution in [0.25, 0.3) is 0 Å². The fourth-order valence-corrected chi connectivity index (χ4v) is 2.10. The number of rotatable bonds is 2. The highest BCUT2D eigenvalue weighted by atomic mass is 16.5. The summed E-state index contributed by atoms with van der Waals surface area (Å²) in [6.07, 6.45) is 0.533. The zero-order valence-corrected chi connectivity index (χ0v) is 9.98. The Bertz CT molecular complexity index is 298. The molecule has 0 aromatic carbocycles. The SMILES string of the molecule is CC1=NC(CN2CCOCC2)CC(=O)N1C. The Morgan fingerprint density at radius 2 is 2.12 bits per heavy atom. The van der Waals surface area contributed by atoms with Gasteiger partial charge in [-0.15, -0.1) is 0 Å². The molecule has 0 aromatic heterocycles. The van der Waals surface area contributed by atoms with Gasteiger partial charge in [0.15, 0.2) is 0 Å². The zero-order valence-electron chi connectivity index (χ0n) is 9.98. The predicted octanol–water partition coefficient (Wildman–Crippen LogP) is -0.0323. The Morgan fingerprint density at radius 1 is 1.44 bits per heavy atom. The van der Waals surface area contributed by atoms with E-state index in [4.69, 9.17) is 4.74 Å². The molecule has 5 heteroatoms. The van der Waals surface area contributed by atoms with Crippen LogP contribution in [0.2, 0.25) is 0 Å². The molecular weight excluding hydrogens is 206 g/mol. The van der Waals surface area contributed by atoms with Crippen LogP contribution in [0.15, 0.2) is 4.99 Å². The van der Waals surface area contributed by atoms with Crippen molar-refractivity contribution in [3.05, 3.63) is 0 Å². The lowest BCUT2D eigenvalue weighted by molar-refractivity contribution is -0.127. The average molecular weight is 225 g/mol. The summed E-state index contributed by atoms with van der Waals surface area (Å²) < 4.78 is 5.30. The van der Waals surface area contributed by atoms with E-state index in [1.54, 1.807) is 11.9 Å². The maximum Gasteiger partial charge on any atom is 0.229 e. The molecule has 90 valence electrons. The first-order chi connectivity index (χ1) is 7.66. The molecule has 0 aromatic rings. The maximum atomic E-state index is 11.7. The molecule has 16 heavy (non-hydrogen) atoms. The molecule has 2 aliphatic rings. The van der Waals surface area contributed by atoms with Crippen molar-refractivity contribution in [1.29, 1.82) is 0 Å². The summed E-state index contributed by atoms with van der Waals surface area (Å²) in [6.45, 7) is 6.26. The first kappa shape index (κ1) is 11.5. The minimum Gasteiger partial charge on any atom is -0.379 e. The molecule has 1 atom stereocenters. The molecule has 0 N–H and O–H groups in total. The van der Waals surface area contributed by atoms with Crippen LogP contribution < -0.4 is 0 Å². The van der Waals surface area contributed by atoms with Gasteiger partial charge >= 0.3 is 0 Å². The third-order valence-electron chi connectivity index (χ3n) is 3.21. The number of hydrogen-bond acceptors (Lipinski definition) is 4. The average Bonchev–Trinajstić information content (AvgIpc) is 2.27. The van der Waals surface area contributed by atoms with Gasteiger partial charge in [-0.1, -0.05) is 0 Å². The summed E-state index contributed by atoms with van der Waals surface area (Å²) in [6, 6.07) is 0.127. The molecule has 1 saturated heterocycles. The van der Waals surface area contributed by atoms with Crippen molar-refractivity contribution in [1.82, 2.24) is 9.80 Å². The van der Waals surface area contributed by atoms with Gasteiger partial charge in [-0.2, -0.15) is 0 Å². The Labute approximate surface area is 96.1 Å². The first-order valence-corrected chi connectivity index (χ1v) is 5.78. The largest absolute Gasteiger partial charge is 0.379 e. The molecule has 2 rings (SSSR count). The Morgan fingerprint density at radius 3 is 2.75 bits per heavy atom. The van der Waals surface area contributed by atoms with Crippen LogP contribution in [0.3, 0.4) is 0 Å². The standard InChI is InChI=1S/C11H19N3O2/c1-9-12-10(7-11(15)13(9)2)8-14-3-5-16-6-4-14/h10H,3-8H2,1-2H3. The fourth-order valence-electron chi connectivity index (χ4n) is 2.10. The van der Waals surface area contributed by atoms with E-state index in [0.29, 0.717) is 6.42 Å². The van der Waals surface area contributed by atoms with Crippen LogP contribution in [0.5, 0.6) is 0 Å². The summed E-state index contributed by atoms with van der Waals surface area (Å²) in [7, 11) is 1.78. The minimum atomic E-state index is 0.127. The van der Waals surface area contributed by atoms with Gasteiger partial charge in [0, 0.05) is 26.7 Å². The second-order valence-electron chi connectivity index (χ2n) is 4.40. The quantitative estimate of drug-likeness (QED) is 0.663. The molecule has 0 spiro atoms. The molecular formula is C11H19N3O2. The van der Waals surface area contributed by atoms with Gasteiger partial charge in [-0.05, 0) is 6.92 Å². The van der Waals surface area contributed by atoms with E-state index in [1.807, 2.05) is 6.92 Å². The van der Waals surface area contributed by atoms with Gasteiger partial charge < -0.3 is 9.64 Å². The molecule has 2 heterocycles. The van der Waals surface area contributed by atoms with E-state index in [0.717, 1.165) is 38.7 Å². The lowest BCUT2D eigenvalue weighted by Gasteiger charge is -2.32. The van der Waals surface area contributed by atoms with Crippen LogP contribution >= 0.6 is 0 Å². The summed E-state index contributed by atoms with van der Waals surface area (Å²) in [5, 5.41) is 0. The minimum absolute atomic E-state index is 0.127. The van der Waals surface area contributed by atoms with E-state index >= 15 is 0 Å². The van der Waals surface area contributed by atoms with E-state index in [9.17, 15) is 4.79 Å². The zero-order chi connectivity index (χ0) is 11.5. The maximum absolute atomic E-state index is 11.7. The Balaban J connectivity index is 1.92. The number of nitrogens with zero attached hydrogens (tertiary/aromatic N) is 3. The fraction of sp³-hybridized carbons (Fsp3) is 0.818. The van der Waals surface area contributed by atoms with Gasteiger partial charge in [0.1, 0.15) is 5.84 Å². The smallest absolute Gasteiger partial charge is 0.229 e. The molecule has 0 aliphatic carbocycles. The number of hydrogen-bond donors (Lipinski definition) is 0. The summed E-state index contributed by atoms with van der Waals surface area (Å²) in [5.41, 5.74) is 0. The van der Waals surface area contributed by atoms with Crippen molar-refractivity contribution >= 4 is 11.7 Å². The van der Waals surface area contributed by atoms with Crippen molar-refractivity contribution in [3.63, 3.8) is 0 Å². The highest BCUT2D eigenvalue weighted by Crippen LogP contribution is 2.12. The van der Waals surface area contributed by atoms with Crippen LogP contribution in [0, 0.1) is 0 Å². The van der Waals surface area contributed by atoms with Crippen molar-refractivity contribution in [2.45, 2.75) is 19.4 Å². The number of amides is 1. The van der Waals surface area contributed by atoms with Gasteiger partial charge in [0.2, 0.25) is 5.91 Å². The highest BCUT2D eigenvalue weighted by Gasteiger charge is 2.25. The second kappa shape index (κ2) is 4.93. The normalized spacial score (nSPS) is 28.1. The molecule has 1 unspecified atom stereocenters. The molecule has 1 amide bonds. The number of carbonyl (C=O) groups excluding carboxylic acids is 1. The lowest BCUT2D eigenvalue weighted by atomic mass is 10.1. The Hall–Kier alpha value is -0.940. The van der Waals surface area contributed by atoms with Gasteiger partial charge in [-0.3, -0.25) is 14.7 Å². The molecule has 1 fully saturated rings. The Kier molecular flexibility index (Phi) is 3.56. The summed E-state index contributed by atoms with van der Waals surface area (Å²) in [5.74, 6) is 1.00. The van der Waals surface area contributed by atoms with Crippen molar-refractivity contribution in [3.8, 4) is 0 Å². The first-order valence-electron chi connectivity index (χ1n) is 5.78. The lowest BCUT2D eigenvalue weighted by Crippen LogP contribution is -2.45. The topological polar surface area (TPSA) is 45.1 Å². The molecule has 0 saturated carbocycles. The number of aliphatic imine (C=N–C) groups is 1. The van der Waals surface area contributed by atoms with E-state index in [2.05, 4.69) is 9.89 Å². The second-order valence-corrected chi connectivity index (χ2v) is 4.40. The van der Waals surface area contributed by atoms with Crippen molar-refractivity contribution < 1.29 is 9.53 Å². The number of carbonyl (C=O) groups is 1. The third kappa shape index (κ3) is 2.59. The van der Waals surface area contributed by atoms with Gasteiger partial charge in [-0.25, -0.2) is 0 Å². The number of amidine groups is 1. The van der Waals surface area contributed by atoms with Crippen LogP contribution in [-0.2, 0) is 9.53 Å². The highest BCUT2D eigenvalue weighted by molar-refractivity contribution is 5.98. The van der Waals surface area contributed by atoms with Crippen LogP contribution in [-0.4, -0.2) is 67.5 Å². The van der Waals surface area contributed by atoms with Gasteiger partial charge in [0.05, 0.1) is 25.7 Å². The number of morpholine rings is 1. The monoisotopic (exact) mass is 225 g/mol. The summed E-state index contributed by atoms with van der Waals surface area (Å²) in [4.78, 5) is 20.2. The van der Waals surface area contributed by atoms with E-state index in [-0.39, 0.29) is 11.9 Å². The van der Waals surface area contributed by atoms with Gasteiger partial charge in [0.25, 0.3) is 0 Å². The summed E-state index contributed by atoms with van der Waals surface area (Å²) >= 11 is 0. The van der Waals surface area contributed by atoms with Crippen LogP contribution in [0.4, 0.5) is 0 Å². The predicted molar refractivity (Wildman–Crippen MR) is 61.5 cm³/mol. The third-order valence-corrected chi connectivity index (χ3v) is 3.21. The number of ether oxygens (including phenoxy) is 1. The van der Waals surface area contributed by atoms with E-state index in [1.165, 1.54) is 0 Å². The molecule has 5 nitrogen and oxygen atoms in total. The molecule has 2 aliphatic heterocycles. The molecule has 0 bridgehead atoms. The van der Waals surface area contributed by atoms with Crippen LogP contribution in [0.1, 0.15) is 13.3 Å². The van der Waals surface area contributed by atoms with Crippen molar-refractivity contribution in [2.75, 3.05) is 39.9 Å². The van der Waals surface area contributed by atoms with E-state index < -0.39 is 0 Å². The molecule has 0 radical (unpaired) electrons. The van der Waals surface area contributed by atoms with Crippen molar-refractivity contribution in [2.24, 2.45) is 4.99 Å².